The first-order chi connectivity index (χ1) is 13.6. The molecule has 0 spiro atoms. The number of carbonyl (C=O) groups excluding carboxylic acids is 1. The van der Waals surface area contributed by atoms with E-state index in [0.29, 0.717) is 28.0 Å². The molecular formula is C22H22Cl2N2O2. The minimum absolute atomic E-state index is 0.386. The normalized spacial score (nSPS) is 16.5. The Morgan fingerprint density at radius 1 is 1.21 bits per heavy atom. The van der Waals surface area contributed by atoms with Crippen molar-refractivity contribution in [2.75, 3.05) is 11.9 Å². The molecule has 1 amide bonds. The van der Waals surface area contributed by atoms with Gasteiger partial charge in [0.25, 0.3) is 0 Å². The molecule has 0 saturated heterocycles. The first-order valence-electron chi connectivity index (χ1n) is 9.33. The van der Waals surface area contributed by atoms with E-state index >= 15 is 0 Å². The third-order valence-electron chi connectivity index (χ3n) is 4.36. The van der Waals surface area contributed by atoms with Crippen LogP contribution in [0.2, 0.25) is 10.0 Å². The molecule has 2 aromatic rings. The zero-order chi connectivity index (χ0) is 19.9. The molecule has 146 valence electrons. The predicted octanol–water partition coefficient (Wildman–Crippen LogP) is 7.29. The Labute approximate surface area is 175 Å². The lowest BCUT2D eigenvalue weighted by atomic mass is 10.1. The number of nitrogens with zero attached hydrogens (tertiary/aromatic N) is 1. The van der Waals surface area contributed by atoms with Crippen molar-refractivity contribution in [2.24, 2.45) is 4.99 Å². The summed E-state index contributed by atoms with van der Waals surface area (Å²) in [5, 5.41) is 4.01. The van der Waals surface area contributed by atoms with E-state index in [9.17, 15) is 4.79 Å². The number of benzene rings is 2. The smallest absolute Gasteiger partial charge is 0.411 e. The fourth-order valence-corrected chi connectivity index (χ4v) is 3.47. The highest BCUT2D eigenvalue weighted by atomic mass is 35.5. The van der Waals surface area contributed by atoms with Gasteiger partial charge in [0.1, 0.15) is 0 Å². The van der Waals surface area contributed by atoms with Crippen molar-refractivity contribution in [1.82, 2.24) is 0 Å². The molecule has 0 aromatic heterocycles. The summed E-state index contributed by atoms with van der Waals surface area (Å²) in [4.78, 5) is 16.7. The molecular weight excluding hydrogens is 395 g/mol. The largest absolute Gasteiger partial charge is 0.449 e. The summed E-state index contributed by atoms with van der Waals surface area (Å²) in [6.45, 7) is 2.34. The second kappa shape index (κ2) is 9.76. The van der Waals surface area contributed by atoms with Gasteiger partial charge in [-0.2, -0.15) is 0 Å². The standard InChI is InChI=1S/C22H22Cl2N2O2/c1-2-12-28-22(27)26-21-8-4-3-7-20(21)25-19-9-5-6-16(19)13-15-10-11-17(23)14-18(15)24/h3-4,7-8,10-11,13-14H,2,5-6,9,12H2,1H3,(H,26,27)/b16-13+,25-19?. The fourth-order valence-electron chi connectivity index (χ4n) is 3.00. The highest BCUT2D eigenvalue weighted by molar-refractivity contribution is 6.35. The molecule has 28 heavy (non-hydrogen) atoms. The number of carbonyl (C=O) groups is 1. The Morgan fingerprint density at radius 3 is 2.82 bits per heavy atom. The van der Waals surface area contributed by atoms with Crippen molar-refractivity contribution in [2.45, 2.75) is 32.6 Å². The lowest BCUT2D eigenvalue weighted by Gasteiger charge is -2.10. The first-order valence-corrected chi connectivity index (χ1v) is 10.1. The van der Waals surface area contributed by atoms with Crippen molar-refractivity contribution < 1.29 is 9.53 Å². The molecule has 0 atom stereocenters. The van der Waals surface area contributed by atoms with Crippen LogP contribution in [0.3, 0.4) is 0 Å². The third-order valence-corrected chi connectivity index (χ3v) is 4.92. The van der Waals surface area contributed by atoms with Crippen LogP contribution in [0.15, 0.2) is 53.0 Å². The van der Waals surface area contributed by atoms with E-state index in [0.717, 1.165) is 42.5 Å². The van der Waals surface area contributed by atoms with E-state index in [-0.39, 0.29) is 0 Å². The van der Waals surface area contributed by atoms with E-state index in [2.05, 4.69) is 11.4 Å². The van der Waals surface area contributed by atoms with E-state index < -0.39 is 6.09 Å². The number of allylic oxidation sites excluding steroid dienone is 1. The summed E-state index contributed by atoms with van der Waals surface area (Å²) in [7, 11) is 0. The second-order valence-electron chi connectivity index (χ2n) is 6.53. The molecule has 0 unspecified atom stereocenters. The van der Waals surface area contributed by atoms with Crippen molar-refractivity contribution in [3.63, 3.8) is 0 Å². The van der Waals surface area contributed by atoms with Crippen LogP contribution < -0.4 is 5.32 Å². The Balaban J connectivity index is 1.86. The van der Waals surface area contributed by atoms with Gasteiger partial charge < -0.3 is 4.74 Å². The molecule has 1 fully saturated rings. The Morgan fingerprint density at radius 2 is 2.04 bits per heavy atom. The fraction of sp³-hybridized carbons (Fsp3) is 0.273. The van der Waals surface area contributed by atoms with Crippen LogP contribution in [-0.4, -0.2) is 18.4 Å². The molecule has 0 radical (unpaired) electrons. The van der Waals surface area contributed by atoms with E-state index in [1.165, 1.54) is 0 Å². The second-order valence-corrected chi connectivity index (χ2v) is 7.37. The molecule has 1 N–H and O–H groups in total. The summed E-state index contributed by atoms with van der Waals surface area (Å²) in [6, 6.07) is 12.9. The van der Waals surface area contributed by atoms with Gasteiger partial charge in [-0.3, -0.25) is 10.3 Å². The minimum atomic E-state index is -0.468. The number of hydrogen-bond acceptors (Lipinski definition) is 3. The van der Waals surface area contributed by atoms with Gasteiger partial charge in [0.05, 0.1) is 18.0 Å². The summed E-state index contributed by atoms with van der Waals surface area (Å²) < 4.78 is 5.11. The van der Waals surface area contributed by atoms with Crippen molar-refractivity contribution in [3.8, 4) is 0 Å². The van der Waals surface area contributed by atoms with Crippen LogP contribution in [0, 0.1) is 0 Å². The van der Waals surface area contributed by atoms with Gasteiger partial charge in [-0.05, 0) is 67.2 Å². The third kappa shape index (κ3) is 5.37. The Bertz CT molecular complexity index is 923. The Kier molecular flexibility index (Phi) is 7.12. The summed E-state index contributed by atoms with van der Waals surface area (Å²) in [5.41, 5.74) is 4.41. The topological polar surface area (TPSA) is 50.7 Å². The zero-order valence-corrected chi connectivity index (χ0v) is 17.2. The van der Waals surface area contributed by atoms with E-state index in [1.54, 1.807) is 6.07 Å². The van der Waals surface area contributed by atoms with Gasteiger partial charge >= 0.3 is 6.09 Å². The van der Waals surface area contributed by atoms with Gasteiger partial charge in [-0.25, -0.2) is 4.79 Å². The summed E-state index contributed by atoms with van der Waals surface area (Å²) in [6.07, 6.45) is 5.22. The number of para-hydroxylation sites is 2. The van der Waals surface area contributed by atoms with Gasteiger partial charge in [-0.15, -0.1) is 0 Å². The number of halogens is 2. The van der Waals surface area contributed by atoms with Crippen LogP contribution in [0.5, 0.6) is 0 Å². The Hall–Kier alpha value is -2.30. The average molecular weight is 417 g/mol. The van der Waals surface area contributed by atoms with Crippen LogP contribution in [-0.2, 0) is 4.74 Å². The lowest BCUT2D eigenvalue weighted by molar-refractivity contribution is 0.161. The van der Waals surface area contributed by atoms with Crippen molar-refractivity contribution in [3.05, 3.63) is 63.6 Å². The van der Waals surface area contributed by atoms with Crippen molar-refractivity contribution in [1.29, 1.82) is 0 Å². The quantitative estimate of drug-likeness (QED) is 0.555. The number of nitrogens with one attached hydrogen (secondary N) is 1. The van der Waals surface area contributed by atoms with Crippen molar-refractivity contribution >= 4 is 52.5 Å². The molecule has 2 aromatic carbocycles. The average Bonchev–Trinajstić information content (AvgIpc) is 3.10. The molecule has 0 bridgehead atoms. The maximum atomic E-state index is 11.9. The molecule has 1 aliphatic rings. The maximum Gasteiger partial charge on any atom is 0.411 e. The molecule has 4 nitrogen and oxygen atoms in total. The van der Waals surface area contributed by atoms with E-state index in [1.807, 2.05) is 43.3 Å². The van der Waals surface area contributed by atoms with Crippen LogP contribution >= 0.6 is 23.2 Å². The molecule has 1 aliphatic carbocycles. The van der Waals surface area contributed by atoms with Crippen LogP contribution in [0.1, 0.15) is 38.2 Å². The predicted molar refractivity (Wildman–Crippen MR) is 117 cm³/mol. The number of aliphatic imine (C=N–C) groups is 1. The van der Waals surface area contributed by atoms with Crippen LogP contribution in [0.4, 0.5) is 16.2 Å². The molecule has 0 aliphatic heterocycles. The molecule has 3 rings (SSSR count). The molecule has 1 saturated carbocycles. The summed E-state index contributed by atoms with van der Waals surface area (Å²) in [5.74, 6) is 0. The highest BCUT2D eigenvalue weighted by Gasteiger charge is 2.17. The highest BCUT2D eigenvalue weighted by Crippen LogP contribution is 2.32. The maximum absolute atomic E-state index is 11.9. The zero-order valence-electron chi connectivity index (χ0n) is 15.7. The van der Waals surface area contributed by atoms with Gasteiger partial charge in [0, 0.05) is 15.8 Å². The van der Waals surface area contributed by atoms with E-state index in [4.69, 9.17) is 32.9 Å². The number of rotatable bonds is 5. The number of ether oxygens (including phenoxy) is 1. The SMILES string of the molecule is CCCOC(=O)Nc1ccccc1N=C1CCC/C1=C\c1ccc(Cl)cc1Cl. The summed E-state index contributed by atoms with van der Waals surface area (Å²) >= 11 is 12.3. The van der Waals surface area contributed by atoms with Gasteiger partial charge in [0.15, 0.2) is 0 Å². The molecule has 6 heteroatoms. The number of hydrogen-bond donors (Lipinski definition) is 1. The van der Waals surface area contributed by atoms with Gasteiger partial charge in [0.2, 0.25) is 0 Å². The monoisotopic (exact) mass is 416 g/mol. The minimum Gasteiger partial charge on any atom is -0.449 e. The first kappa shape index (κ1) is 20.4. The van der Waals surface area contributed by atoms with Gasteiger partial charge in [-0.1, -0.05) is 48.3 Å². The van der Waals surface area contributed by atoms with Crippen LogP contribution in [0.25, 0.3) is 6.08 Å². The number of anilines is 1. The number of amides is 1. The molecule has 0 heterocycles. The lowest BCUT2D eigenvalue weighted by Crippen LogP contribution is -2.14.